The number of guanidine groups is 1. The Labute approximate surface area is 189 Å². The van der Waals surface area contributed by atoms with Gasteiger partial charge >= 0.3 is 6.36 Å². The zero-order valence-corrected chi connectivity index (χ0v) is 18.3. The van der Waals surface area contributed by atoms with Crippen LogP contribution in [0.3, 0.4) is 0 Å². The van der Waals surface area contributed by atoms with E-state index in [1.807, 2.05) is 29.2 Å². The molecule has 0 bridgehead atoms. The number of anilines is 1. The van der Waals surface area contributed by atoms with E-state index >= 15 is 0 Å². The van der Waals surface area contributed by atoms with Crippen LogP contribution < -0.4 is 15.8 Å². The minimum atomic E-state index is -4.73. The third-order valence-corrected chi connectivity index (χ3v) is 4.36. The summed E-state index contributed by atoms with van der Waals surface area (Å²) in [6.45, 7) is 1.76. The van der Waals surface area contributed by atoms with Crippen LogP contribution in [0.2, 0.25) is 0 Å². The van der Waals surface area contributed by atoms with Crippen molar-refractivity contribution in [3.63, 3.8) is 0 Å². The van der Waals surface area contributed by atoms with Crippen LogP contribution >= 0.6 is 24.0 Å². The first-order chi connectivity index (χ1) is 13.8. The normalized spacial score (nSPS) is 14.4. The Morgan fingerprint density at radius 2 is 1.73 bits per heavy atom. The van der Waals surface area contributed by atoms with Gasteiger partial charge in [-0.1, -0.05) is 24.3 Å². The number of rotatable bonds is 6. The van der Waals surface area contributed by atoms with E-state index < -0.39 is 6.36 Å². The first-order valence-electron chi connectivity index (χ1n) is 9.07. The first kappa shape index (κ1) is 23.8. The fraction of sp³-hybridized carbons (Fsp3) is 0.300. The molecule has 3 N–H and O–H groups in total. The fourth-order valence-electron chi connectivity index (χ4n) is 2.95. The number of ether oxygens (including phenoxy) is 1. The molecule has 2 aromatic carbocycles. The Morgan fingerprint density at radius 1 is 1.10 bits per heavy atom. The third kappa shape index (κ3) is 7.39. The number of aliphatic imine (C=N–C) groups is 1. The van der Waals surface area contributed by atoms with Gasteiger partial charge in [0.2, 0.25) is 5.91 Å². The number of nitrogens with one attached hydrogen (secondary N) is 1. The van der Waals surface area contributed by atoms with Crippen LogP contribution in [0.25, 0.3) is 0 Å². The molecule has 0 unspecified atom stereocenters. The number of alkyl halides is 3. The Kier molecular flexibility index (Phi) is 8.33. The second-order valence-corrected chi connectivity index (χ2v) is 6.63. The van der Waals surface area contributed by atoms with Crippen molar-refractivity contribution in [2.45, 2.75) is 32.3 Å². The van der Waals surface area contributed by atoms with Crippen molar-refractivity contribution in [2.75, 3.05) is 11.9 Å². The predicted molar refractivity (Wildman–Crippen MR) is 119 cm³/mol. The van der Waals surface area contributed by atoms with Crippen molar-refractivity contribution < 1.29 is 22.7 Å². The number of nitrogens with zero attached hydrogens (tertiary/aromatic N) is 2. The molecule has 1 fully saturated rings. The predicted octanol–water partition coefficient (Wildman–Crippen LogP) is 4.25. The van der Waals surface area contributed by atoms with Crippen molar-refractivity contribution in [1.82, 2.24) is 4.90 Å². The SMILES string of the molecule is I.NC(=NCc1ccc(CN2CCCC2=O)cc1)Nc1ccc(OC(F)(F)F)cc1. The summed E-state index contributed by atoms with van der Waals surface area (Å²) >= 11 is 0. The highest BCUT2D eigenvalue weighted by molar-refractivity contribution is 14.0. The second-order valence-electron chi connectivity index (χ2n) is 6.63. The van der Waals surface area contributed by atoms with Gasteiger partial charge in [0, 0.05) is 25.2 Å². The number of carbonyl (C=O) groups is 1. The van der Waals surface area contributed by atoms with Gasteiger partial charge in [-0.3, -0.25) is 4.79 Å². The van der Waals surface area contributed by atoms with Crippen molar-refractivity contribution in [3.05, 3.63) is 59.7 Å². The Balaban J connectivity index is 0.00000320. The summed E-state index contributed by atoms with van der Waals surface area (Å²) in [6, 6.07) is 13.0. The fourth-order valence-corrected chi connectivity index (χ4v) is 2.95. The van der Waals surface area contributed by atoms with Crippen LogP contribution in [0.1, 0.15) is 24.0 Å². The highest BCUT2D eigenvalue weighted by Gasteiger charge is 2.30. The Hall–Kier alpha value is -2.50. The summed E-state index contributed by atoms with van der Waals surface area (Å²) in [4.78, 5) is 17.8. The topological polar surface area (TPSA) is 80.0 Å². The van der Waals surface area contributed by atoms with E-state index in [9.17, 15) is 18.0 Å². The molecule has 1 amide bonds. The minimum absolute atomic E-state index is 0. The molecule has 1 aliphatic rings. The highest BCUT2D eigenvalue weighted by atomic mass is 127. The molecule has 0 saturated carbocycles. The van der Waals surface area contributed by atoms with Gasteiger partial charge in [0.1, 0.15) is 5.75 Å². The van der Waals surface area contributed by atoms with Crippen LogP contribution in [0.4, 0.5) is 18.9 Å². The van der Waals surface area contributed by atoms with E-state index in [4.69, 9.17) is 5.73 Å². The molecule has 0 aromatic heterocycles. The van der Waals surface area contributed by atoms with E-state index in [-0.39, 0.29) is 41.6 Å². The van der Waals surface area contributed by atoms with E-state index in [1.165, 1.54) is 24.3 Å². The number of hydrogen-bond acceptors (Lipinski definition) is 3. The highest BCUT2D eigenvalue weighted by Crippen LogP contribution is 2.24. The number of amides is 1. The van der Waals surface area contributed by atoms with E-state index in [0.717, 1.165) is 24.1 Å². The molecule has 6 nitrogen and oxygen atoms in total. The van der Waals surface area contributed by atoms with Crippen LogP contribution in [-0.4, -0.2) is 29.7 Å². The number of carbonyl (C=O) groups excluding carboxylic acids is 1. The molecule has 3 rings (SSSR count). The second kappa shape index (κ2) is 10.5. The molecule has 1 heterocycles. The Bertz CT molecular complexity index is 871. The minimum Gasteiger partial charge on any atom is -0.406 e. The van der Waals surface area contributed by atoms with Gasteiger partial charge in [0.25, 0.3) is 0 Å². The lowest BCUT2D eigenvalue weighted by Gasteiger charge is -2.15. The molecule has 0 spiro atoms. The van der Waals surface area contributed by atoms with Crippen molar-refractivity contribution in [3.8, 4) is 5.75 Å². The van der Waals surface area contributed by atoms with Crippen molar-refractivity contribution in [1.29, 1.82) is 0 Å². The molecule has 30 heavy (non-hydrogen) atoms. The van der Waals surface area contributed by atoms with E-state index in [0.29, 0.717) is 25.2 Å². The summed E-state index contributed by atoms with van der Waals surface area (Å²) in [5.74, 6) is 0.0195. The van der Waals surface area contributed by atoms with Gasteiger partial charge in [-0.2, -0.15) is 0 Å². The van der Waals surface area contributed by atoms with Gasteiger partial charge in [0.05, 0.1) is 6.54 Å². The average Bonchev–Trinajstić information content (AvgIpc) is 3.06. The Morgan fingerprint density at radius 3 is 2.30 bits per heavy atom. The van der Waals surface area contributed by atoms with Crippen molar-refractivity contribution in [2.24, 2.45) is 10.7 Å². The van der Waals surface area contributed by atoms with E-state index in [1.54, 1.807) is 0 Å². The van der Waals surface area contributed by atoms with Gasteiger partial charge in [0.15, 0.2) is 5.96 Å². The zero-order chi connectivity index (χ0) is 20.9. The largest absolute Gasteiger partial charge is 0.573 e. The molecule has 1 saturated heterocycles. The summed E-state index contributed by atoms with van der Waals surface area (Å²) in [5.41, 5.74) is 8.32. The summed E-state index contributed by atoms with van der Waals surface area (Å²) < 4.78 is 40.3. The average molecular weight is 534 g/mol. The molecule has 10 heteroatoms. The standard InChI is InChI=1S/C20H21F3N4O2.HI/c21-20(22,23)29-17-9-7-16(8-10-17)26-19(24)25-12-14-3-5-15(6-4-14)13-27-11-1-2-18(27)28;/h3-10H,1-2,11-13H2,(H3,24,25,26);1H. The quantitative estimate of drug-likeness (QED) is 0.330. The molecular weight excluding hydrogens is 512 g/mol. The van der Waals surface area contributed by atoms with Gasteiger partial charge < -0.3 is 20.7 Å². The number of halogens is 4. The van der Waals surface area contributed by atoms with Crippen LogP contribution in [0.15, 0.2) is 53.5 Å². The lowest BCUT2D eigenvalue weighted by atomic mass is 10.1. The molecule has 0 atom stereocenters. The molecular formula is C20H22F3IN4O2. The maximum Gasteiger partial charge on any atom is 0.573 e. The van der Waals surface area contributed by atoms with Crippen LogP contribution in [0.5, 0.6) is 5.75 Å². The number of nitrogens with two attached hydrogens (primary N) is 1. The van der Waals surface area contributed by atoms with Gasteiger partial charge in [-0.25, -0.2) is 4.99 Å². The smallest absolute Gasteiger partial charge is 0.406 e. The lowest BCUT2D eigenvalue weighted by molar-refractivity contribution is -0.274. The van der Waals surface area contributed by atoms with Crippen LogP contribution in [-0.2, 0) is 17.9 Å². The van der Waals surface area contributed by atoms with Crippen LogP contribution in [0, 0.1) is 0 Å². The number of benzene rings is 2. The lowest BCUT2D eigenvalue weighted by Crippen LogP contribution is -2.23. The summed E-state index contributed by atoms with van der Waals surface area (Å²) in [5, 5.41) is 2.81. The first-order valence-corrected chi connectivity index (χ1v) is 9.07. The molecule has 162 valence electrons. The molecule has 0 aliphatic carbocycles. The monoisotopic (exact) mass is 534 g/mol. The van der Waals surface area contributed by atoms with E-state index in [2.05, 4.69) is 15.0 Å². The molecule has 0 radical (unpaired) electrons. The maximum atomic E-state index is 12.2. The number of likely N-dealkylation sites (tertiary alicyclic amines) is 1. The summed E-state index contributed by atoms with van der Waals surface area (Å²) in [7, 11) is 0. The van der Waals surface area contributed by atoms with Crippen molar-refractivity contribution >= 4 is 41.5 Å². The molecule has 1 aliphatic heterocycles. The van der Waals surface area contributed by atoms with Gasteiger partial charge in [-0.05, 0) is 41.8 Å². The maximum absolute atomic E-state index is 12.2. The summed E-state index contributed by atoms with van der Waals surface area (Å²) in [6.07, 6.45) is -3.19. The third-order valence-electron chi connectivity index (χ3n) is 4.36. The van der Waals surface area contributed by atoms with Gasteiger partial charge in [-0.15, -0.1) is 37.1 Å². The molecule has 2 aromatic rings. The zero-order valence-electron chi connectivity index (χ0n) is 16.0. The number of hydrogen-bond donors (Lipinski definition) is 2.